The molecule has 1 aromatic carbocycles. The summed E-state index contributed by atoms with van der Waals surface area (Å²) in [6.07, 6.45) is 2.00. The number of nitrogens with two attached hydrogens (primary N) is 1. The second kappa shape index (κ2) is 5.94. The Balaban J connectivity index is 1.64. The van der Waals surface area contributed by atoms with Crippen LogP contribution in [0.25, 0.3) is 11.2 Å². The van der Waals surface area contributed by atoms with Crippen molar-refractivity contribution in [3.8, 4) is 0 Å². The van der Waals surface area contributed by atoms with E-state index in [0.29, 0.717) is 29.9 Å². The molecule has 1 atom stereocenters. The highest BCUT2D eigenvalue weighted by Gasteiger charge is 2.09. The number of aromatic nitrogens is 4. The van der Waals surface area contributed by atoms with Crippen LogP contribution in [-0.2, 0) is 0 Å². The SMILES string of the molecule is NC(CCNc1ncnc2[nH]c(=O)[nH]c12)c1ccc(F)cc1. The van der Waals surface area contributed by atoms with E-state index in [-0.39, 0.29) is 17.5 Å². The predicted molar refractivity (Wildman–Crippen MR) is 80.9 cm³/mol. The van der Waals surface area contributed by atoms with E-state index in [9.17, 15) is 9.18 Å². The van der Waals surface area contributed by atoms with E-state index in [4.69, 9.17) is 5.73 Å². The maximum Gasteiger partial charge on any atom is 0.325 e. The fraction of sp³-hybridized carbons (Fsp3) is 0.214. The van der Waals surface area contributed by atoms with Gasteiger partial charge >= 0.3 is 5.69 Å². The van der Waals surface area contributed by atoms with Crippen molar-refractivity contribution in [2.24, 2.45) is 5.73 Å². The van der Waals surface area contributed by atoms with E-state index in [1.165, 1.54) is 18.5 Å². The van der Waals surface area contributed by atoms with Crippen molar-refractivity contribution >= 4 is 17.0 Å². The summed E-state index contributed by atoms with van der Waals surface area (Å²) in [5.74, 6) is 0.253. The van der Waals surface area contributed by atoms with Gasteiger partial charge in [0.05, 0.1) is 0 Å². The number of halogens is 1. The van der Waals surface area contributed by atoms with E-state index in [1.54, 1.807) is 12.1 Å². The van der Waals surface area contributed by atoms with Crippen molar-refractivity contribution in [1.82, 2.24) is 19.9 Å². The first-order chi connectivity index (χ1) is 10.6. The molecule has 0 aliphatic rings. The zero-order chi connectivity index (χ0) is 15.5. The first-order valence-corrected chi connectivity index (χ1v) is 6.81. The molecular weight excluding hydrogens is 287 g/mol. The van der Waals surface area contributed by atoms with Gasteiger partial charge in [-0.2, -0.15) is 0 Å². The minimum Gasteiger partial charge on any atom is -0.368 e. The molecule has 5 N–H and O–H groups in total. The summed E-state index contributed by atoms with van der Waals surface area (Å²) in [4.78, 5) is 24.5. The molecule has 0 aliphatic carbocycles. The third kappa shape index (κ3) is 2.96. The van der Waals surface area contributed by atoms with E-state index < -0.39 is 0 Å². The van der Waals surface area contributed by atoms with Gasteiger partial charge in [0.1, 0.15) is 17.7 Å². The van der Waals surface area contributed by atoms with Crippen LogP contribution in [-0.4, -0.2) is 26.5 Å². The first kappa shape index (κ1) is 14.2. The van der Waals surface area contributed by atoms with Crippen LogP contribution < -0.4 is 16.7 Å². The number of benzene rings is 1. The molecule has 0 saturated carbocycles. The number of hydrogen-bond donors (Lipinski definition) is 4. The summed E-state index contributed by atoms with van der Waals surface area (Å²) in [5.41, 5.74) is 7.58. The van der Waals surface area contributed by atoms with Crippen molar-refractivity contribution < 1.29 is 4.39 Å². The van der Waals surface area contributed by atoms with Gasteiger partial charge in [0.15, 0.2) is 11.5 Å². The number of hydrogen-bond acceptors (Lipinski definition) is 5. The van der Waals surface area contributed by atoms with Gasteiger partial charge in [-0.1, -0.05) is 12.1 Å². The molecule has 1 unspecified atom stereocenters. The van der Waals surface area contributed by atoms with Crippen LogP contribution in [0.15, 0.2) is 35.4 Å². The quantitative estimate of drug-likeness (QED) is 0.567. The van der Waals surface area contributed by atoms with Gasteiger partial charge in [0, 0.05) is 12.6 Å². The van der Waals surface area contributed by atoms with Crippen LogP contribution >= 0.6 is 0 Å². The molecule has 3 rings (SSSR count). The fourth-order valence-corrected chi connectivity index (χ4v) is 2.21. The smallest absolute Gasteiger partial charge is 0.325 e. The molecule has 0 spiro atoms. The molecule has 0 fully saturated rings. The van der Waals surface area contributed by atoms with Crippen molar-refractivity contribution in [3.05, 3.63) is 52.5 Å². The lowest BCUT2D eigenvalue weighted by molar-refractivity contribution is 0.622. The molecule has 7 nitrogen and oxygen atoms in total. The number of rotatable bonds is 5. The summed E-state index contributed by atoms with van der Waals surface area (Å²) in [5, 5.41) is 3.12. The van der Waals surface area contributed by atoms with Gasteiger partial charge in [-0.25, -0.2) is 19.2 Å². The zero-order valence-corrected chi connectivity index (χ0v) is 11.6. The lowest BCUT2D eigenvalue weighted by atomic mass is 10.0. The third-order valence-corrected chi connectivity index (χ3v) is 3.36. The van der Waals surface area contributed by atoms with Gasteiger partial charge in [0.2, 0.25) is 0 Å². The Morgan fingerprint density at radius 2 is 2.00 bits per heavy atom. The fourth-order valence-electron chi connectivity index (χ4n) is 2.21. The van der Waals surface area contributed by atoms with E-state index in [1.807, 2.05) is 0 Å². The Kier molecular flexibility index (Phi) is 3.84. The number of nitrogens with one attached hydrogen (secondary N) is 3. The number of H-pyrrole nitrogens is 2. The highest BCUT2D eigenvalue weighted by atomic mass is 19.1. The minimum atomic E-state index is -0.332. The standard InChI is InChI=1S/C14H15FN6O/c15-9-3-1-8(2-4-9)10(16)5-6-17-12-11-13(19-7-18-12)21-14(22)20-11/h1-4,7,10H,5-6,16H2,(H3,17,18,19,20,21,22). The summed E-state index contributed by atoms with van der Waals surface area (Å²) in [7, 11) is 0. The number of imidazole rings is 1. The Hall–Kier alpha value is -2.74. The molecule has 0 amide bonds. The lowest BCUT2D eigenvalue weighted by Gasteiger charge is -2.13. The van der Waals surface area contributed by atoms with E-state index >= 15 is 0 Å². The Labute approximate surface area is 124 Å². The highest BCUT2D eigenvalue weighted by Crippen LogP contribution is 2.16. The molecule has 3 aromatic rings. The third-order valence-electron chi connectivity index (χ3n) is 3.36. The molecule has 0 radical (unpaired) electrons. The summed E-state index contributed by atoms with van der Waals surface area (Å²) in [6.45, 7) is 0.553. The number of anilines is 1. The summed E-state index contributed by atoms with van der Waals surface area (Å²) < 4.78 is 12.9. The maximum absolute atomic E-state index is 12.9. The van der Waals surface area contributed by atoms with Crippen LogP contribution in [0.3, 0.4) is 0 Å². The Morgan fingerprint density at radius 1 is 1.23 bits per heavy atom. The molecule has 8 heteroatoms. The van der Waals surface area contributed by atoms with E-state index in [2.05, 4.69) is 25.3 Å². The minimum absolute atomic E-state index is 0.212. The maximum atomic E-state index is 12.9. The second-order valence-electron chi connectivity index (χ2n) is 4.90. The topological polar surface area (TPSA) is 112 Å². The number of aromatic amines is 2. The monoisotopic (exact) mass is 302 g/mol. The summed E-state index contributed by atoms with van der Waals surface area (Å²) >= 11 is 0. The molecule has 0 saturated heterocycles. The molecule has 0 bridgehead atoms. The van der Waals surface area contributed by atoms with Crippen LogP contribution in [0.2, 0.25) is 0 Å². The zero-order valence-electron chi connectivity index (χ0n) is 11.6. The summed E-state index contributed by atoms with van der Waals surface area (Å²) in [6, 6.07) is 5.91. The van der Waals surface area contributed by atoms with Crippen LogP contribution in [0.5, 0.6) is 0 Å². The second-order valence-corrected chi connectivity index (χ2v) is 4.90. The van der Waals surface area contributed by atoms with Crippen LogP contribution in [0.4, 0.5) is 10.2 Å². The number of nitrogens with zero attached hydrogens (tertiary/aromatic N) is 2. The van der Waals surface area contributed by atoms with Crippen molar-refractivity contribution in [2.45, 2.75) is 12.5 Å². The lowest BCUT2D eigenvalue weighted by Crippen LogP contribution is -2.16. The van der Waals surface area contributed by atoms with Gasteiger partial charge in [-0.05, 0) is 24.1 Å². The molecule has 114 valence electrons. The van der Waals surface area contributed by atoms with Gasteiger partial charge in [-0.15, -0.1) is 0 Å². The average molecular weight is 302 g/mol. The molecule has 0 aliphatic heterocycles. The first-order valence-electron chi connectivity index (χ1n) is 6.81. The van der Waals surface area contributed by atoms with Gasteiger partial charge in [0.25, 0.3) is 0 Å². The van der Waals surface area contributed by atoms with E-state index in [0.717, 1.165) is 5.56 Å². The van der Waals surface area contributed by atoms with Gasteiger partial charge in [-0.3, -0.25) is 4.98 Å². The van der Waals surface area contributed by atoms with Crippen molar-refractivity contribution in [3.63, 3.8) is 0 Å². The largest absolute Gasteiger partial charge is 0.368 e. The molecular formula is C14H15FN6O. The van der Waals surface area contributed by atoms with Crippen molar-refractivity contribution in [1.29, 1.82) is 0 Å². The van der Waals surface area contributed by atoms with Crippen LogP contribution in [0, 0.1) is 5.82 Å². The molecule has 22 heavy (non-hydrogen) atoms. The average Bonchev–Trinajstić information content (AvgIpc) is 2.89. The van der Waals surface area contributed by atoms with Crippen molar-refractivity contribution in [2.75, 3.05) is 11.9 Å². The molecule has 2 aromatic heterocycles. The molecule has 2 heterocycles. The van der Waals surface area contributed by atoms with Crippen LogP contribution in [0.1, 0.15) is 18.0 Å². The highest BCUT2D eigenvalue weighted by molar-refractivity contribution is 5.81. The number of fused-ring (bicyclic) bond motifs is 1. The predicted octanol–water partition coefficient (Wildman–Crippen LogP) is 1.29. The van der Waals surface area contributed by atoms with Gasteiger partial charge < -0.3 is 16.0 Å². The Morgan fingerprint density at radius 3 is 2.77 bits per heavy atom. The normalized spacial score (nSPS) is 12.5. The Bertz CT molecular complexity index is 825.